The second kappa shape index (κ2) is 5.69. The van der Waals surface area contributed by atoms with Crippen molar-refractivity contribution in [2.75, 3.05) is 12.8 Å². The van der Waals surface area contributed by atoms with Crippen LogP contribution in [-0.2, 0) is 4.74 Å². The minimum atomic E-state index is -0.597. The number of methoxy groups -OCH3 is 1. The standard InChI is InChI=1S/C13H9Br2N3O2/c1-20-13(19)12-11(17)7(5-16)6-18(12)10-3-8(14)2-9(15)4-10/h2-4,6H,17H2,1H3. The molecule has 5 nitrogen and oxygen atoms in total. The molecule has 0 saturated heterocycles. The van der Waals surface area contributed by atoms with E-state index in [4.69, 9.17) is 15.7 Å². The van der Waals surface area contributed by atoms with E-state index < -0.39 is 5.97 Å². The van der Waals surface area contributed by atoms with E-state index in [-0.39, 0.29) is 16.9 Å². The van der Waals surface area contributed by atoms with E-state index in [1.807, 2.05) is 12.1 Å². The number of nitriles is 1. The van der Waals surface area contributed by atoms with Gasteiger partial charge < -0.3 is 15.0 Å². The highest BCUT2D eigenvalue weighted by Crippen LogP contribution is 2.28. The minimum Gasteiger partial charge on any atom is -0.464 e. The number of rotatable bonds is 2. The Labute approximate surface area is 132 Å². The summed E-state index contributed by atoms with van der Waals surface area (Å²) in [4.78, 5) is 11.9. The van der Waals surface area contributed by atoms with Crippen LogP contribution >= 0.6 is 31.9 Å². The van der Waals surface area contributed by atoms with Crippen LogP contribution in [-0.4, -0.2) is 17.6 Å². The maximum atomic E-state index is 11.9. The van der Waals surface area contributed by atoms with E-state index in [1.54, 1.807) is 12.1 Å². The SMILES string of the molecule is COC(=O)c1c(N)c(C#N)cn1-c1cc(Br)cc(Br)c1. The summed E-state index contributed by atoms with van der Waals surface area (Å²) < 4.78 is 7.91. The van der Waals surface area contributed by atoms with Gasteiger partial charge in [0.2, 0.25) is 0 Å². The smallest absolute Gasteiger partial charge is 0.357 e. The fraction of sp³-hybridized carbons (Fsp3) is 0.0769. The van der Waals surface area contributed by atoms with Gasteiger partial charge in [0.15, 0.2) is 5.69 Å². The van der Waals surface area contributed by atoms with Crippen molar-refractivity contribution in [2.24, 2.45) is 0 Å². The number of benzene rings is 1. The number of hydrogen-bond donors (Lipinski definition) is 1. The second-order valence-corrected chi connectivity index (χ2v) is 5.74. The zero-order chi connectivity index (χ0) is 14.9. The molecule has 1 aromatic carbocycles. The molecule has 7 heteroatoms. The Bertz CT molecular complexity index is 712. The first kappa shape index (κ1) is 14.6. The summed E-state index contributed by atoms with van der Waals surface area (Å²) in [6.45, 7) is 0. The van der Waals surface area contributed by atoms with Crippen LogP contribution in [0.1, 0.15) is 16.1 Å². The number of carbonyl (C=O) groups is 1. The number of esters is 1. The highest BCUT2D eigenvalue weighted by atomic mass is 79.9. The first-order chi connectivity index (χ1) is 9.47. The monoisotopic (exact) mass is 397 g/mol. The normalized spacial score (nSPS) is 10.1. The lowest BCUT2D eigenvalue weighted by Crippen LogP contribution is -2.11. The summed E-state index contributed by atoms with van der Waals surface area (Å²) in [6.07, 6.45) is 1.51. The van der Waals surface area contributed by atoms with Gasteiger partial charge in [-0.3, -0.25) is 0 Å². The molecule has 2 aromatic rings. The molecular weight excluding hydrogens is 390 g/mol. The highest BCUT2D eigenvalue weighted by molar-refractivity contribution is 9.11. The number of nitrogens with two attached hydrogens (primary N) is 1. The van der Waals surface area contributed by atoms with E-state index in [1.165, 1.54) is 17.9 Å². The number of carbonyl (C=O) groups excluding carboxylic acids is 1. The summed E-state index contributed by atoms with van der Waals surface area (Å²) in [5, 5.41) is 9.05. The number of anilines is 1. The van der Waals surface area contributed by atoms with Crippen LogP contribution in [0.15, 0.2) is 33.3 Å². The molecule has 1 heterocycles. The van der Waals surface area contributed by atoms with Crippen molar-refractivity contribution in [3.05, 3.63) is 44.6 Å². The van der Waals surface area contributed by atoms with Crippen LogP contribution in [0.25, 0.3) is 5.69 Å². The van der Waals surface area contributed by atoms with Crippen LogP contribution in [0.4, 0.5) is 5.69 Å². The summed E-state index contributed by atoms with van der Waals surface area (Å²) in [5.41, 5.74) is 6.98. The lowest BCUT2D eigenvalue weighted by atomic mass is 10.2. The Hall–Kier alpha value is -1.78. The third-order valence-electron chi connectivity index (χ3n) is 2.67. The van der Waals surface area contributed by atoms with E-state index in [0.717, 1.165) is 8.95 Å². The van der Waals surface area contributed by atoms with Crippen molar-refractivity contribution in [2.45, 2.75) is 0 Å². The Kier molecular flexibility index (Phi) is 4.16. The van der Waals surface area contributed by atoms with Crippen molar-refractivity contribution < 1.29 is 9.53 Å². The number of halogens is 2. The van der Waals surface area contributed by atoms with E-state index in [0.29, 0.717) is 5.69 Å². The fourth-order valence-electron chi connectivity index (χ4n) is 1.80. The fourth-order valence-corrected chi connectivity index (χ4v) is 3.07. The van der Waals surface area contributed by atoms with E-state index in [9.17, 15) is 4.79 Å². The van der Waals surface area contributed by atoms with Crippen LogP contribution in [0.2, 0.25) is 0 Å². The third-order valence-corrected chi connectivity index (χ3v) is 3.58. The van der Waals surface area contributed by atoms with Gasteiger partial charge in [-0.05, 0) is 18.2 Å². The topological polar surface area (TPSA) is 81.0 Å². The average Bonchev–Trinajstić information content (AvgIpc) is 2.73. The lowest BCUT2D eigenvalue weighted by Gasteiger charge is -2.09. The Balaban J connectivity index is 2.73. The average molecular weight is 399 g/mol. The van der Waals surface area contributed by atoms with Crippen molar-refractivity contribution in [3.63, 3.8) is 0 Å². The van der Waals surface area contributed by atoms with E-state index >= 15 is 0 Å². The summed E-state index contributed by atoms with van der Waals surface area (Å²) in [6, 6.07) is 7.42. The molecule has 0 fully saturated rings. The van der Waals surface area contributed by atoms with Gasteiger partial charge in [-0.2, -0.15) is 5.26 Å². The molecule has 20 heavy (non-hydrogen) atoms. The molecule has 0 aliphatic heterocycles. The Morgan fingerprint density at radius 1 is 1.35 bits per heavy atom. The number of nitrogen functional groups attached to an aromatic ring is 1. The summed E-state index contributed by atoms with van der Waals surface area (Å²) in [7, 11) is 1.27. The zero-order valence-corrected chi connectivity index (χ0v) is 13.5. The molecule has 0 aliphatic carbocycles. The predicted molar refractivity (Wildman–Crippen MR) is 81.6 cm³/mol. The Morgan fingerprint density at radius 2 is 1.95 bits per heavy atom. The number of hydrogen-bond acceptors (Lipinski definition) is 4. The summed E-state index contributed by atoms with van der Waals surface area (Å²) in [5.74, 6) is -0.597. The first-order valence-electron chi connectivity index (χ1n) is 5.43. The number of ether oxygens (including phenoxy) is 1. The molecule has 2 N–H and O–H groups in total. The van der Waals surface area contributed by atoms with Gasteiger partial charge in [0, 0.05) is 20.8 Å². The van der Waals surface area contributed by atoms with Gasteiger partial charge in [0.05, 0.1) is 18.4 Å². The largest absolute Gasteiger partial charge is 0.464 e. The van der Waals surface area contributed by atoms with Gasteiger partial charge in [-0.1, -0.05) is 31.9 Å². The van der Waals surface area contributed by atoms with Gasteiger partial charge in [-0.25, -0.2) is 4.79 Å². The van der Waals surface area contributed by atoms with Crippen molar-refractivity contribution >= 4 is 43.5 Å². The maximum Gasteiger partial charge on any atom is 0.357 e. The molecule has 0 saturated carbocycles. The molecule has 0 unspecified atom stereocenters. The molecule has 1 aromatic heterocycles. The summed E-state index contributed by atoms with van der Waals surface area (Å²) >= 11 is 6.75. The minimum absolute atomic E-state index is 0.107. The van der Waals surface area contributed by atoms with Gasteiger partial charge >= 0.3 is 5.97 Å². The van der Waals surface area contributed by atoms with Crippen LogP contribution < -0.4 is 5.73 Å². The molecule has 0 atom stereocenters. The molecule has 0 spiro atoms. The molecular formula is C13H9Br2N3O2. The van der Waals surface area contributed by atoms with Crippen LogP contribution in [0, 0.1) is 11.3 Å². The quantitative estimate of drug-likeness (QED) is 0.787. The number of nitrogens with zero attached hydrogens (tertiary/aromatic N) is 2. The van der Waals surface area contributed by atoms with Gasteiger partial charge in [0.25, 0.3) is 0 Å². The molecule has 2 rings (SSSR count). The van der Waals surface area contributed by atoms with Crippen molar-refractivity contribution in [1.29, 1.82) is 5.26 Å². The highest BCUT2D eigenvalue weighted by Gasteiger charge is 2.21. The molecule has 0 radical (unpaired) electrons. The second-order valence-electron chi connectivity index (χ2n) is 3.91. The number of aromatic nitrogens is 1. The lowest BCUT2D eigenvalue weighted by molar-refractivity contribution is 0.0593. The molecule has 0 bridgehead atoms. The predicted octanol–water partition coefficient (Wildman–Crippen LogP) is 3.24. The van der Waals surface area contributed by atoms with Gasteiger partial charge in [-0.15, -0.1) is 0 Å². The van der Waals surface area contributed by atoms with Crippen LogP contribution in [0.5, 0.6) is 0 Å². The first-order valence-corrected chi connectivity index (χ1v) is 7.02. The van der Waals surface area contributed by atoms with E-state index in [2.05, 4.69) is 31.9 Å². The third kappa shape index (κ3) is 2.57. The van der Waals surface area contributed by atoms with Crippen LogP contribution in [0.3, 0.4) is 0 Å². The Morgan fingerprint density at radius 3 is 2.45 bits per heavy atom. The zero-order valence-electron chi connectivity index (χ0n) is 10.4. The molecule has 102 valence electrons. The van der Waals surface area contributed by atoms with Crippen molar-refractivity contribution in [3.8, 4) is 11.8 Å². The maximum absolute atomic E-state index is 11.9. The molecule has 0 aliphatic rings. The van der Waals surface area contributed by atoms with Gasteiger partial charge in [0.1, 0.15) is 6.07 Å². The molecule has 0 amide bonds. The van der Waals surface area contributed by atoms with Crippen molar-refractivity contribution in [1.82, 2.24) is 4.57 Å².